The summed E-state index contributed by atoms with van der Waals surface area (Å²) in [4.78, 5) is 11.2. The second kappa shape index (κ2) is 6.84. The van der Waals surface area contributed by atoms with Gasteiger partial charge in [-0.25, -0.2) is 0 Å². The first kappa shape index (κ1) is 12.4. The van der Waals surface area contributed by atoms with E-state index in [1.165, 1.54) is 0 Å². The van der Waals surface area contributed by atoms with Gasteiger partial charge in [-0.3, -0.25) is 4.79 Å². The molecule has 0 aromatic carbocycles. The van der Waals surface area contributed by atoms with E-state index >= 15 is 0 Å². The summed E-state index contributed by atoms with van der Waals surface area (Å²) in [5.74, 6) is -0.00768. The molecule has 76 valence electrons. The normalized spacial score (nSPS) is 12.5. The van der Waals surface area contributed by atoms with E-state index in [-0.39, 0.29) is 18.3 Å². The molecule has 0 bridgehead atoms. The molecule has 0 aliphatic heterocycles. The van der Waals surface area contributed by atoms with Gasteiger partial charge in [-0.05, 0) is 18.9 Å². The third-order valence-corrected chi connectivity index (χ3v) is 2.28. The van der Waals surface area contributed by atoms with E-state index in [0.29, 0.717) is 5.57 Å². The number of ketones is 1. The molecule has 2 heteroatoms. The van der Waals surface area contributed by atoms with E-state index in [0.717, 1.165) is 25.7 Å². The lowest BCUT2D eigenvalue weighted by Crippen LogP contribution is -2.15. The number of aliphatic hydroxyl groups is 1. The molecule has 0 spiro atoms. The highest BCUT2D eigenvalue weighted by Gasteiger charge is 2.16. The van der Waals surface area contributed by atoms with Crippen LogP contribution in [-0.2, 0) is 4.79 Å². The summed E-state index contributed by atoms with van der Waals surface area (Å²) in [6, 6.07) is 0. The minimum Gasteiger partial charge on any atom is -0.392 e. The first-order valence-electron chi connectivity index (χ1n) is 4.92. The molecule has 0 saturated heterocycles. The average molecular weight is 184 g/mol. The van der Waals surface area contributed by atoms with Crippen molar-refractivity contribution >= 4 is 5.78 Å². The second-order valence-electron chi connectivity index (χ2n) is 3.48. The van der Waals surface area contributed by atoms with E-state index in [9.17, 15) is 4.79 Å². The van der Waals surface area contributed by atoms with Crippen LogP contribution in [0.15, 0.2) is 12.2 Å². The number of rotatable bonds is 7. The molecule has 0 heterocycles. The van der Waals surface area contributed by atoms with Crippen LogP contribution in [0, 0.1) is 5.92 Å². The molecular formula is C11H20O2. The number of aliphatic hydroxyl groups excluding tert-OH is 1. The molecule has 0 aliphatic rings. The van der Waals surface area contributed by atoms with E-state index in [2.05, 4.69) is 13.5 Å². The maximum Gasteiger partial charge on any atom is 0.137 e. The Morgan fingerprint density at radius 3 is 2.46 bits per heavy atom. The number of hydrogen-bond acceptors (Lipinski definition) is 2. The summed E-state index contributed by atoms with van der Waals surface area (Å²) in [6.07, 6.45) is 4.17. The first-order chi connectivity index (χ1) is 6.13. The molecule has 1 atom stereocenters. The molecule has 0 aromatic rings. The van der Waals surface area contributed by atoms with E-state index in [1.54, 1.807) is 6.92 Å². The fourth-order valence-electron chi connectivity index (χ4n) is 1.40. The van der Waals surface area contributed by atoms with Gasteiger partial charge < -0.3 is 5.11 Å². The largest absolute Gasteiger partial charge is 0.392 e. The Bertz CT molecular complexity index is 173. The van der Waals surface area contributed by atoms with Crippen LogP contribution < -0.4 is 0 Å². The van der Waals surface area contributed by atoms with Gasteiger partial charge in [0.25, 0.3) is 0 Å². The maximum atomic E-state index is 11.2. The zero-order valence-electron chi connectivity index (χ0n) is 8.68. The van der Waals surface area contributed by atoms with Crippen molar-refractivity contribution in [2.45, 2.75) is 39.5 Å². The monoisotopic (exact) mass is 184 g/mol. The minimum absolute atomic E-state index is 0.0730. The van der Waals surface area contributed by atoms with Crippen molar-refractivity contribution in [3.05, 3.63) is 12.2 Å². The Morgan fingerprint density at radius 1 is 1.46 bits per heavy atom. The van der Waals surface area contributed by atoms with Crippen LogP contribution >= 0.6 is 0 Å². The number of carbonyl (C=O) groups excluding carboxylic acids is 1. The lowest BCUT2D eigenvalue weighted by molar-refractivity contribution is -0.120. The number of unbranched alkanes of at least 4 members (excludes halogenated alkanes) is 2. The topological polar surface area (TPSA) is 37.3 Å². The Kier molecular flexibility index (Phi) is 6.51. The van der Waals surface area contributed by atoms with Crippen LogP contribution in [0.2, 0.25) is 0 Å². The van der Waals surface area contributed by atoms with Crippen molar-refractivity contribution in [3.63, 3.8) is 0 Å². The number of carbonyl (C=O) groups is 1. The molecule has 0 aromatic heterocycles. The van der Waals surface area contributed by atoms with Crippen LogP contribution in [0.3, 0.4) is 0 Å². The highest BCUT2D eigenvalue weighted by atomic mass is 16.3. The Balaban J connectivity index is 3.95. The smallest absolute Gasteiger partial charge is 0.137 e. The predicted octanol–water partition coefficient (Wildman–Crippen LogP) is 2.32. The van der Waals surface area contributed by atoms with E-state index in [1.807, 2.05) is 0 Å². The zero-order chi connectivity index (χ0) is 10.3. The van der Waals surface area contributed by atoms with Crippen molar-refractivity contribution in [1.29, 1.82) is 0 Å². The molecule has 2 nitrogen and oxygen atoms in total. The quantitative estimate of drug-likeness (QED) is 0.487. The molecule has 0 saturated carbocycles. The van der Waals surface area contributed by atoms with Gasteiger partial charge in [0.05, 0.1) is 6.61 Å². The van der Waals surface area contributed by atoms with Crippen molar-refractivity contribution < 1.29 is 9.90 Å². The molecular weight excluding hydrogens is 164 g/mol. The van der Waals surface area contributed by atoms with Gasteiger partial charge >= 0.3 is 0 Å². The van der Waals surface area contributed by atoms with Crippen LogP contribution in [0.4, 0.5) is 0 Å². The Hall–Kier alpha value is -0.630. The second-order valence-corrected chi connectivity index (χ2v) is 3.48. The molecule has 0 rings (SSSR count). The molecule has 0 amide bonds. The summed E-state index contributed by atoms with van der Waals surface area (Å²) in [5.41, 5.74) is 0.656. The van der Waals surface area contributed by atoms with E-state index in [4.69, 9.17) is 5.11 Å². The van der Waals surface area contributed by atoms with Gasteiger partial charge in [-0.15, -0.1) is 0 Å². The number of hydrogen-bond donors (Lipinski definition) is 1. The predicted molar refractivity (Wildman–Crippen MR) is 54.5 cm³/mol. The SMILES string of the molecule is C=C(CO)C(CCCCC)C(C)=O. The third kappa shape index (κ3) is 4.83. The summed E-state index contributed by atoms with van der Waals surface area (Å²) in [5, 5.41) is 8.86. The fourth-order valence-corrected chi connectivity index (χ4v) is 1.40. The lowest BCUT2D eigenvalue weighted by Gasteiger charge is -2.14. The minimum atomic E-state index is -0.128. The van der Waals surface area contributed by atoms with Crippen molar-refractivity contribution in [2.24, 2.45) is 5.92 Å². The maximum absolute atomic E-state index is 11.2. The zero-order valence-corrected chi connectivity index (χ0v) is 8.68. The fraction of sp³-hybridized carbons (Fsp3) is 0.727. The molecule has 1 unspecified atom stereocenters. The molecule has 1 N–H and O–H groups in total. The van der Waals surface area contributed by atoms with Gasteiger partial charge in [-0.1, -0.05) is 32.8 Å². The molecule has 13 heavy (non-hydrogen) atoms. The average Bonchev–Trinajstić information content (AvgIpc) is 2.11. The summed E-state index contributed by atoms with van der Waals surface area (Å²) < 4.78 is 0. The Morgan fingerprint density at radius 2 is 2.08 bits per heavy atom. The van der Waals surface area contributed by atoms with Gasteiger partial charge in [0.1, 0.15) is 5.78 Å². The number of Topliss-reactive ketones (excluding diaryl/α,β-unsaturated/α-hetero) is 1. The summed E-state index contributed by atoms with van der Waals surface area (Å²) in [7, 11) is 0. The van der Waals surface area contributed by atoms with Crippen LogP contribution in [0.5, 0.6) is 0 Å². The van der Waals surface area contributed by atoms with Gasteiger partial charge in [-0.2, -0.15) is 0 Å². The van der Waals surface area contributed by atoms with Crippen molar-refractivity contribution in [1.82, 2.24) is 0 Å². The van der Waals surface area contributed by atoms with Gasteiger partial charge in [0.15, 0.2) is 0 Å². The summed E-state index contributed by atoms with van der Waals surface area (Å²) in [6.45, 7) is 7.33. The lowest BCUT2D eigenvalue weighted by atomic mass is 9.91. The third-order valence-electron chi connectivity index (χ3n) is 2.28. The molecule has 0 aliphatic carbocycles. The van der Waals surface area contributed by atoms with Gasteiger partial charge in [0, 0.05) is 5.92 Å². The molecule has 0 fully saturated rings. The first-order valence-corrected chi connectivity index (χ1v) is 4.92. The standard InChI is InChI=1S/C11H20O2/c1-4-5-6-7-11(10(3)13)9(2)8-12/h11-12H,2,4-8H2,1,3H3. The van der Waals surface area contributed by atoms with Crippen molar-refractivity contribution in [2.75, 3.05) is 6.61 Å². The highest BCUT2D eigenvalue weighted by Crippen LogP contribution is 2.18. The van der Waals surface area contributed by atoms with Crippen LogP contribution in [-0.4, -0.2) is 17.5 Å². The Labute approximate surface area is 80.7 Å². The van der Waals surface area contributed by atoms with Crippen LogP contribution in [0.1, 0.15) is 39.5 Å². The van der Waals surface area contributed by atoms with Crippen LogP contribution in [0.25, 0.3) is 0 Å². The molecule has 0 radical (unpaired) electrons. The van der Waals surface area contributed by atoms with E-state index < -0.39 is 0 Å². The summed E-state index contributed by atoms with van der Waals surface area (Å²) >= 11 is 0. The van der Waals surface area contributed by atoms with Crippen molar-refractivity contribution in [3.8, 4) is 0 Å². The van der Waals surface area contributed by atoms with Gasteiger partial charge in [0.2, 0.25) is 0 Å². The highest BCUT2D eigenvalue weighted by molar-refractivity contribution is 5.81.